The van der Waals surface area contributed by atoms with E-state index in [1.807, 2.05) is 18.3 Å². The Bertz CT molecular complexity index is 1270. The molecule has 0 aliphatic rings. The number of aromatic nitrogens is 1. The number of hydrogen-bond donors (Lipinski definition) is 1. The Balaban J connectivity index is 0.000000149. The number of rotatable bonds is 0. The summed E-state index contributed by atoms with van der Waals surface area (Å²) in [4.78, 5) is 3.12. The summed E-state index contributed by atoms with van der Waals surface area (Å²) >= 11 is 0. The van der Waals surface area contributed by atoms with Gasteiger partial charge in [-0.2, -0.15) is 0 Å². The normalized spacial score (nSPS) is 11.0. The van der Waals surface area contributed by atoms with Crippen LogP contribution in [0.2, 0.25) is 0 Å². The third kappa shape index (κ3) is 2.84. The van der Waals surface area contributed by atoms with E-state index in [9.17, 15) is 0 Å². The molecule has 0 radical (unpaired) electrons. The Hall–Kier alpha value is -3.58. The summed E-state index contributed by atoms with van der Waals surface area (Å²) in [6.45, 7) is 0. The molecule has 0 atom stereocenters. The minimum absolute atomic E-state index is 1.21. The van der Waals surface area contributed by atoms with Crippen LogP contribution in [0.5, 0.6) is 0 Å². The van der Waals surface area contributed by atoms with Crippen molar-refractivity contribution in [2.75, 3.05) is 0 Å². The fourth-order valence-corrected chi connectivity index (χ4v) is 3.77. The molecule has 27 heavy (non-hydrogen) atoms. The predicted molar refractivity (Wildman–Crippen MR) is 117 cm³/mol. The van der Waals surface area contributed by atoms with Gasteiger partial charge < -0.3 is 4.98 Å². The lowest BCUT2D eigenvalue weighted by molar-refractivity contribution is 1.48. The van der Waals surface area contributed by atoms with Crippen LogP contribution in [0.25, 0.3) is 43.2 Å². The average Bonchev–Trinajstić information content (AvgIpc) is 3.23. The molecule has 0 fully saturated rings. The van der Waals surface area contributed by atoms with Crippen LogP contribution in [0, 0.1) is 0 Å². The Morgan fingerprint density at radius 3 is 1.48 bits per heavy atom. The molecule has 6 aromatic rings. The third-order valence-electron chi connectivity index (χ3n) is 5.11. The molecule has 1 heteroatoms. The second kappa shape index (κ2) is 6.62. The first-order chi connectivity index (χ1) is 13.4. The number of benzene rings is 5. The summed E-state index contributed by atoms with van der Waals surface area (Å²) in [6, 6.07) is 36.3. The zero-order valence-corrected chi connectivity index (χ0v) is 14.9. The monoisotopic (exact) mass is 345 g/mol. The summed E-state index contributed by atoms with van der Waals surface area (Å²) in [6.07, 6.45) is 1.95. The van der Waals surface area contributed by atoms with Gasteiger partial charge in [-0.3, -0.25) is 0 Å². The number of aromatic amines is 1. The van der Waals surface area contributed by atoms with Gasteiger partial charge in [0.25, 0.3) is 0 Å². The molecule has 1 heterocycles. The standard InChI is InChI=1S/C18H12.C8H7N/c1-3-7-15-13(5-1)9-11-18-16-8-4-2-6-14(16)10-12-17(15)18;1-2-4-8-7(3-1)5-6-9-8/h1-12H;1-6,9H. The molecule has 0 spiro atoms. The van der Waals surface area contributed by atoms with Gasteiger partial charge >= 0.3 is 0 Å². The lowest BCUT2D eigenvalue weighted by Crippen LogP contribution is -1.79. The van der Waals surface area contributed by atoms with Gasteiger partial charge in [0.2, 0.25) is 0 Å². The minimum atomic E-state index is 1.21. The van der Waals surface area contributed by atoms with E-state index in [-0.39, 0.29) is 0 Å². The van der Waals surface area contributed by atoms with Crippen LogP contribution >= 0.6 is 0 Å². The second-order valence-corrected chi connectivity index (χ2v) is 6.73. The van der Waals surface area contributed by atoms with Crippen molar-refractivity contribution < 1.29 is 0 Å². The van der Waals surface area contributed by atoms with E-state index in [1.165, 1.54) is 43.2 Å². The molecule has 0 aliphatic heterocycles. The predicted octanol–water partition coefficient (Wildman–Crippen LogP) is 7.31. The van der Waals surface area contributed by atoms with Gasteiger partial charge in [-0.05, 0) is 49.8 Å². The quantitative estimate of drug-likeness (QED) is 0.278. The van der Waals surface area contributed by atoms with Gasteiger partial charge in [0.1, 0.15) is 0 Å². The lowest BCUT2D eigenvalue weighted by Gasteiger charge is -2.07. The molecular weight excluding hydrogens is 326 g/mol. The first kappa shape index (κ1) is 15.7. The molecule has 0 aliphatic carbocycles. The Morgan fingerprint density at radius 1 is 0.370 bits per heavy atom. The molecule has 1 aromatic heterocycles. The van der Waals surface area contributed by atoms with E-state index in [2.05, 4.69) is 96.0 Å². The minimum Gasteiger partial charge on any atom is -0.361 e. The van der Waals surface area contributed by atoms with E-state index < -0.39 is 0 Å². The lowest BCUT2D eigenvalue weighted by atomic mass is 9.97. The van der Waals surface area contributed by atoms with Gasteiger partial charge in [0, 0.05) is 11.7 Å². The smallest absolute Gasteiger partial charge is 0.0453 e. The number of hydrogen-bond acceptors (Lipinski definition) is 0. The molecule has 0 saturated carbocycles. The molecule has 0 unspecified atom stereocenters. The van der Waals surface area contributed by atoms with E-state index in [0.29, 0.717) is 0 Å². The maximum absolute atomic E-state index is 3.12. The summed E-state index contributed by atoms with van der Waals surface area (Å²) < 4.78 is 0. The van der Waals surface area contributed by atoms with Gasteiger partial charge in [-0.15, -0.1) is 0 Å². The molecule has 0 amide bonds. The van der Waals surface area contributed by atoms with Gasteiger partial charge in [-0.25, -0.2) is 0 Å². The van der Waals surface area contributed by atoms with Crippen LogP contribution in [-0.4, -0.2) is 4.98 Å². The topological polar surface area (TPSA) is 15.8 Å². The Morgan fingerprint density at radius 2 is 0.889 bits per heavy atom. The van der Waals surface area contributed by atoms with Crippen LogP contribution in [0.4, 0.5) is 0 Å². The van der Waals surface area contributed by atoms with Crippen molar-refractivity contribution in [1.29, 1.82) is 0 Å². The third-order valence-corrected chi connectivity index (χ3v) is 5.11. The van der Waals surface area contributed by atoms with E-state index >= 15 is 0 Å². The maximum atomic E-state index is 3.12. The number of fused-ring (bicyclic) bond motifs is 6. The SMILES string of the molecule is c1ccc2[nH]ccc2c1.c1ccc2c(c1)ccc1c3ccccc3ccc21. The highest BCUT2D eigenvalue weighted by atomic mass is 14.7. The van der Waals surface area contributed by atoms with Crippen molar-refractivity contribution >= 4 is 43.2 Å². The van der Waals surface area contributed by atoms with Crippen molar-refractivity contribution in [2.45, 2.75) is 0 Å². The number of H-pyrrole nitrogens is 1. The fraction of sp³-hybridized carbons (Fsp3) is 0. The van der Waals surface area contributed by atoms with Gasteiger partial charge in [0.15, 0.2) is 0 Å². The van der Waals surface area contributed by atoms with E-state index in [1.54, 1.807) is 0 Å². The zero-order chi connectivity index (χ0) is 18.1. The molecule has 128 valence electrons. The second-order valence-electron chi connectivity index (χ2n) is 6.73. The summed E-state index contributed by atoms with van der Waals surface area (Å²) in [5, 5.41) is 9.23. The Kier molecular flexibility index (Phi) is 3.84. The van der Waals surface area contributed by atoms with Gasteiger partial charge in [-0.1, -0.05) is 91.0 Å². The summed E-state index contributed by atoms with van der Waals surface area (Å²) in [5.74, 6) is 0. The highest BCUT2D eigenvalue weighted by Crippen LogP contribution is 2.30. The number of nitrogens with one attached hydrogen (secondary N) is 1. The van der Waals surface area contributed by atoms with Crippen LogP contribution < -0.4 is 0 Å². The van der Waals surface area contributed by atoms with Crippen LogP contribution in [0.15, 0.2) is 109 Å². The van der Waals surface area contributed by atoms with Gasteiger partial charge in [0.05, 0.1) is 0 Å². The fourth-order valence-electron chi connectivity index (χ4n) is 3.77. The summed E-state index contributed by atoms with van der Waals surface area (Å²) in [5.41, 5.74) is 1.21. The van der Waals surface area contributed by atoms with E-state index in [0.717, 1.165) is 0 Å². The highest BCUT2D eigenvalue weighted by molar-refractivity contribution is 6.17. The van der Waals surface area contributed by atoms with Crippen LogP contribution in [0.1, 0.15) is 0 Å². The summed E-state index contributed by atoms with van der Waals surface area (Å²) in [7, 11) is 0. The maximum Gasteiger partial charge on any atom is 0.0453 e. The van der Waals surface area contributed by atoms with Crippen molar-refractivity contribution in [2.24, 2.45) is 0 Å². The molecule has 1 N–H and O–H groups in total. The highest BCUT2D eigenvalue weighted by Gasteiger charge is 2.03. The van der Waals surface area contributed by atoms with Crippen molar-refractivity contribution in [3.63, 3.8) is 0 Å². The van der Waals surface area contributed by atoms with Crippen LogP contribution in [-0.2, 0) is 0 Å². The molecule has 0 saturated heterocycles. The first-order valence-electron chi connectivity index (χ1n) is 9.21. The van der Waals surface area contributed by atoms with Crippen molar-refractivity contribution in [1.82, 2.24) is 4.98 Å². The largest absolute Gasteiger partial charge is 0.361 e. The molecule has 5 aromatic carbocycles. The molecule has 6 rings (SSSR count). The van der Waals surface area contributed by atoms with Crippen molar-refractivity contribution in [3.05, 3.63) is 109 Å². The van der Waals surface area contributed by atoms with E-state index in [4.69, 9.17) is 0 Å². The molecular formula is C26H19N. The van der Waals surface area contributed by atoms with Crippen molar-refractivity contribution in [3.8, 4) is 0 Å². The number of para-hydroxylation sites is 1. The zero-order valence-electron chi connectivity index (χ0n) is 14.9. The molecule has 0 bridgehead atoms. The van der Waals surface area contributed by atoms with Crippen LogP contribution in [0.3, 0.4) is 0 Å². The average molecular weight is 345 g/mol. The molecule has 1 nitrogen and oxygen atoms in total. The Labute approximate surface area is 157 Å². The first-order valence-corrected chi connectivity index (χ1v) is 9.21.